The number of benzene rings is 1. The number of nitro groups is 1. The molecule has 3 N–H and O–H groups in total. The zero-order valence-electron chi connectivity index (χ0n) is 10.6. The number of hydrogen-bond donors (Lipinski definition) is 2. The lowest BCUT2D eigenvalue weighted by atomic mass is 10.1. The normalized spacial score (nSPS) is 14.0. The van der Waals surface area contributed by atoms with E-state index in [0.29, 0.717) is 11.5 Å². The van der Waals surface area contributed by atoms with Gasteiger partial charge in [0, 0.05) is 25.2 Å². The molecule has 7 heteroatoms. The van der Waals surface area contributed by atoms with Crippen molar-refractivity contribution in [2.24, 2.45) is 11.8 Å². The minimum absolute atomic E-state index is 0.135. The number of nitro benzene ring substituents is 1. The maximum absolute atomic E-state index is 12.1. The predicted molar refractivity (Wildman–Crippen MR) is 70.6 cm³/mol. The number of rotatable bonds is 5. The topological polar surface area (TPSA) is 102 Å². The highest BCUT2D eigenvalue weighted by Crippen LogP contribution is 2.30. The largest absolute Gasteiger partial charge is 0.341 e. The number of amides is 1. The second kappa shape index (κ2) is 5.23. The van der Waals surface area contributed by atoms with Gasteiger partial charge in [-0.25, -0.2) is 0 Å². The summed E-state index contributed by atoms with van der Waals surface area (Å²) in [5, 5.41) is 10.8. The fourth-order valence-corrected chi connectivity index (χ4v) is 1.93. The lowest BCUT2D eigenvalue weighted by Gasteiger charge is -2.17. The summed E-state index contributed by atoms with van der Waals surface area (Å²) in [5.74, 6) is 5.69. The van der Waals surface area contributed by atoms with E-state index in [0.717, 1.165) is 19.4 Å². The summed E-state index contributed by atoms with van der Waals surface area (Å²) in [6, 6.07) is 4.14. The fraction of sp³-hybridized carbons (Fsp3) is 0.417. The maximum atomic E-state index is 12.1. The van der Waals surface area contributed by atoms with E-state index in [1.807, 2.05) is 0 Å². The van der Waals surface area contributed by atoms with Crippen molar-refractivity contribution in [2.45, 2.75) is 12.8 Å². The molecule has 1 fully saturated rings. The number of nitrogen functional groups attached to an aromatic ring is 1. The molecule has 7 nitrogen and oxygen atoms in total. The third-order valence-electron chi connectivity index (χ3n) is 3.17. The van der Waals surface area contributed by atoms with E-state index in [4.69, 9.17) is 5.84 Å². The highest BCUT2D eigenvalue weighted by atomic mass is 16.6. The number of carbonyl (C=O) groups is 1. The van der Waals surface area contributed by atoms with Gasteiger partial charge >= 0.3 is 0 Å². The molecule has 2 rings (SSSR count). The second-order valence-corrected chi connectivity index (χ2v) is 4.76. The minimum atomic E-state index is -0.544. The Morgan fingerprint density at radius 3 is 2.79 bits per heavy atom. The molecule has 1 amide bonds. The van der Waals surface area contributed by atoms with Crippen LogP contribution in [-0.2, 0) is 0 Å². The van der Waals surface area contributed by atoms with Crippen molar-refractivity contribution in [1.82, 2.24) is 4.90 Å². The van der Waals surface area contributed by atoms with Crippen LogP contribution in [0.15, 0.2) is 18.2 Å². The van der Waals surface area contributed by atoms with Gasteiger partial charge in [-0.3, -0.25) is 20.8 Å². The third kappa shape index (κ3) is 3.00. The summed E-state index contributed by atoms with van der Waals surface area (Å²) in [6.07, 6.45) is 2.32. The molecule has 0 bridgehead atoms. The summed E-state index contributed by atoms with van der Waals surface area (Å²) in [4.78, 5) is 24.0. The molecule has 0 heterocycles. The molecule has 1 aromatic rings. The van der Waals surface area contributed by atoms with Crippen LogP contribution in [0.4, 0.5) is 11.4 Å². The van der Waals surface area contributed by atoms with Crippen molar-refractivity contribution in [3.63, 3.8) is 0 Å². The van der Waals surface area contributed by atoms with Crippen molar-refractivity contribution in [2.75, 3.05) is 19.0 Å². The summed E-state index contributed by atoms with van der Waals surface area (Å²) in [5.41, 5.74) is 2.63. The lowest BCUT2D eigenvalue weighted by Crippen LogP contribution is -2.28. The average molecular weight is 264 g/mol. The number of hydrazine groups is 1. The summed E-state index contributed by atoms with van der Waals surface area (Å²) in [7, 11) is 1.73. The van der Waals surface area contributed by atoms with Gasteiger partial charge in [0.25, 0.3) is 11.6 Å². The summed E-state index contributed by atoms with van der Waals surface area (Å²) in [6.45, 7) is 0.723. The highest BCUT2D eigenvalue weighted by molar-refractivity contribution is 5.95. The Kier molecular flexibility index (Phi) is 3.66. The first-order valence-corrected chi connectivity index (χ1v) is 6.03. The summed E-state index contributed by atoms with van der Waals surface area (Å²) < 4.78 is 0. The first kappa shape index (κ1) is 13.3. The van der Waals surface area contributed by atoms with Crippen LogP contribution in [0.2, 0.25) is 0 Å². The van der Waals surface area contributed by atoms with Gasteiger partial charge < -0.3 is 10.3 Å². The number of anilines is 1. The third-order valence-corrected chi connectivity index (χ3v) is 3.17. The zero-order valence-corrected chi connectivity index (χ0v) is 10.6. The van der Waals surface area contributed by atoms with Crippen molar-refractivity contribution in [1.29, 1.82) is 0 Å². The van der Waals surface area contributed by atoms with E-state index in [2.05, 4.69) is 5.43 Å². The molecule has 0 unspecified atom stereocenters. The Morgan fingerprint density at radius 1 is 1.58 bits per heavy atom. The van der Waals surface area contributed by atoms with E-state index in [-0.39, 0.29) is 17.3 Å². The van der Waals surface area contributed by atoms with E-state index in [1.165, 1.54) is 18.2 Å². The van der Waals surface area contributed by atoms with Crippen LogP contribution in [-0.4, -0.2) is 29.3 Å². The molecule has 19 heavy (non-hydrogen) atoms. The molecule has 102 valence electrons. The monoisotopic (exact) mass is 264 g/mol. The fourth-order valence-electron chi connectivity index (χ4n) is 1.93. The number of nitrogens with zero attached hydrogens (tertiary/aromatic N) is 2. The molecule has 0 saturated heterocycles. The molecule has 1 aliphatic rings. The van der Waals surface area contributed by atoms with Gasteiger partial charge in [0.2, 0.25) is 0 Å². The predicted octanol–water partition coefficient (Wildman–Crippen LogP) is 1.36. The van der Waals surface area contributed by atoms with Crippen LogP contribution in [0, 0.1) is 16.0 Å². The van der Waals surface area contributed by atoms with E-state index >= 15 is 0 Å². The van der Waals surface area contributed by atoms with Crippen molar-refractivity contribution >= 4 is 17.3 Å². The first-order valence-electron chi connectivity index (χ1n) is 6.03. The number of hydrogen-bond acceptors (Lipinski definition) is 5. The van der Waals surface area contributed by atoms with E-state index < -0.39 is 4.92 Å². The smallest absolute Gasteiger partial charge is 0.293 e. The quantitative estimate of drug-likeness (QED) is 0.475. The highest BCUT2D eigenvalue weighted by Gasteiger charge is 2.26. The zero-order chi connectivity index (χ0) is 14.0. The average Bonchev–Trinajstić information content (AvgIpc) is 3.20. The molecule has 0 aromatic heterocycles. The summed E-state index contributed by atoms with van der Waals surface area (Å²) >= 11 is 0. The number of carbonyl (C=O) groups excluding carboxylic acids is 1. The van der Waals surface area contributed by atoms with Crippen LogP contribution >= 0.6 is 0 Å². The lowest BCUT2D eigenvalue weighted by molar-refractivity contribution is -0.384. The van der Waals surface area contributed by atoms with Gasteiger partial charge in [-0.2, -0.15) is 0 Å². The molecule has 0 aliphatic heterocycles. The standard InChI is InChI=1S/C12H16N4O3/c1-15(7-8-2-3-8)12(17)9-4-5-11(16(18)19)10(6-9)14-13/h4-6,8,14H,2-3,7,13H2,1H3. The minimum Gasteiger partial charge on any atom is -0.341 e. The van der Waals surface area contributed by atoms with Crippen molar-refractivity contribution in [3.8, 4) is 0 Å². The van der Waals surface area contributed by atoms with E-state index in [1.54, 1.807) is 11.9 Å². The Hall–Kier alpha value is -2.15. The van der Waals surface area contributed by atoms with Crippen LogP contribution < -0.4 is 11.3 Å². The Bertz CT molecular complexity index is 514. The number of nitrogens with two attached hydrogens (primary N) is 1. The Morgan fingerprint density at radius 2 is 2.26 bits per heavy atom. The number of nitrogens with one attached hydrogen (secondary N) is 1. The molecular weight excluding hydrogens is 248 g/mol. The molecule has 0 spiro atoms. The Balaban J connectivity index is 2.19. The molecular formula is C12H16N4O3. The maximum Gasteiger partial charge on any atom is 0.293 e. The second-order valence-electron chi connectivity index (χ2n) is 4.76. The van der Waals surface area contributed by atoms with Crippen molar-refractivity contribution in [3.05, 3.63) is 33.9 Å². The molecule has 0 atom stereocenters. The first-order chi connectivity index (χ1) is 9.02. The van der Waals surface area contributed by atoms with Gasteiger partial charge in [-0.1, -0.05) is 0 Å². The van der Waals surface area contributed by atoms with E-state index in [9.17, 15) is 14.9 Å². The van der Waals surface area contributed by atoms with Gasteiger partial charge in [0.15, 0.2) is 0 Å². The van der Waals surface area contributed by atoms with Crippen LogP contribution in [0.5, 0.6) is 0 Å². The molecule has 1 aromatic carbocycles. The van der Waals surface area contributed by atoms with Crippen LogP contribution in [0.1, 0.15) is 23.2 Å². The van der Waals surface area contributed by atoms with Gasteiger partial charge in [0.1, 0.15) is 5.69 Å². The van der Waals surface area contributed by atoms with Gasteiger partial charge in [-0.05, 0) is 30.9 Å². The molecule has 1 saturated carbocycles. The van der Waals surface area contributed by atoms with Gasteiger partial charge in [0.05, 0.1) is 4.92 Å². The van der Waals surface area contributed by atoms with Crippen LogP contribution in [0.3, 0.4) is 0 Å². The van der Waals surface area contributed by atoms with Crippen molar-refractivity contribution < 1.29 is 9.72 Å². The Labute approximate surface area is 110 Å². The molecule has 1 aliphatic carbocycles. The van der Waals surface area contributed by atoms with Crippen LogP contribution in [0.25, 0.3) is 0 Å². The molecule has 0 radical (unpaired) electrons. The SMILES string of the molecule is CN(CC1CC1)C(=O)c1ccc([N+](=O)[O-])c(NN)c1. The van der Waals surface area contributed by atoms with Gasteiger partial charge in [-0.15, -0.1) is 0 Å².